The van der Waals surface area contributed by atoms with Crippen molar-refractivity contribution in [3.8, 4) is 10.4 Å². The van der Waals surface area contributed by atoms with Crippen LogP contribution in [0.15, 0.2) is 77.5 Å². The molecule has 2 bridgehead atoms. The minimum atomic E-state index is -0.954. The summed E-state index contributed by atoms with van der Waals surface area (Å²) < 4.78 is 33.8. The second-order valence-corrected chi connectivity index (χ2v) is 15.9. The molecule has 0 unspecified atom stereocenters. The molecule has 4 atom stereocenters. The summed E-state index contributed by atoms with van der Waals surface area (Å²) >= 11 is 5.29. The number of carbonyl (C=O) groups is 1. The first kappa shape index (κ1) is 29.9. The van der Waals surface area contributed by atoms with E-state index in [1.165, 1.54) is 6.07 Å². The van der Waals surface area contributed by atoms with E-state index in [1.54, 1.807) is 30.6 Å². The third-order valence-corrected chi connectivity index (χ3v) is 13.1. The Bertz CT molecular complexity index is 2840. The van der Waals surface area contributed by atoms with Crippen molar-refractivity contribution in [2.75, 3.05) is 19.1 Å². The molecule has 3 aliphatic rings. The summed E-state index contributed by atoms with van der Waals surface area (Å²) in [5.74, 6) is -0.323. The van der Waals surface area contributed by atoms with Gasteiger partial charge in [-0.05, 0) is 55.0 Å². The van der Waals surface area contributed by atoms with Gasteiger partial charge in [-0.15, -0.1) is 0 Å². The maximum Gasteiger partial charge on any atom is 0.252 e. The number of likely N-dealkylation sites (N-methyl/N-ethyl adjacent to an activating group) is 1. The van der Waals surface area contributed by atoms with E-state index in [1.807, 2.05) is 12.4 Å². The molecule has 1 saturated heterocycles. The number of anilines is 1. The summed E-state index contributed by atoms with van der Waals surface area (Å²) in [7, 11) is 3.83. The van der Waals surface area contributed by atoms with E-state index in [4.69, 9.17) is 14.5 Å². The van der Waals surface area contributed by atoms with Crippen molar-refractivity contribution in [1.82, 2.24) is 24.4 Å². The smallest absolute Gasteiger partial charge is 0.252 e. The van der Waals surface area contributed by atoms with Gasteiger partial charge < -0.3 is 33.8 Å². The number of para-hydroxylation sites is 1. The number of ether oxygens (including phenoxy) is 2. The SMILES string of the molecule is CO[C@@H]1[C@H](N(C)c2ncc(-c3c[nH]c4ccc(F)cc34)s2)C[C@H]2O[C@]1(C)n1c3ccccc3c3c4c(c5c6cc(Br)ccc6n2c5c31)C(=O)NC4. The Hall–Kier alpha value is -4.75. The number of amides is 1. The standard InChI is InChI=1S/C39H30BrFN6O3S/c1-39-36(49-3)28(45(2)38-44-17-29(51-38)23-15-42-25-10-9-19(41)13-21(23)25)14-30(50-39)46-26-11-8-18(40)12-22(26)32-33-24(16-43-37(33)48)31-20-6-4-5-7-27(20)47(39)35(31)34(32)46/h4-13,15,17,28,30,36,42H,14,16H2,1-3H3,(H,43,48)/t28-,30-,36-,39+/m1/s1. The number of hydrogen-bond donors (Lipinski definition) is 2. The Morgan fingerprint density at radius 1 is 1.08 bits per heavy atom. The van der Waals surface area contributed by atoms with Gasteiger partial charge in [0.05, 0.1) is 38.5 Å². The van der Waals surface area contributed by atoms with Crippen molar-refractivity contribution in [3.63, 3.8) is 0 Å². The number of nitrogens with zero attached hydrogens (tertiary/aromatic N) is 4. The van der Waals surface area contributed by atoms with E-state index in [2.05, 4.69) is 96.7 Å². The number of aromatic nitrogens is 4. The molecule has 7 heterocycles. The number of halogens is 2. The van der Waals surface area contributed by atoms with E-state index < -0.39 is 18.1 Å². The van der Waals surface area contributed by atoms with Gasteiger partial charge >= 0.3 is 0 Å². The van der Waals surface area contributed by atoms with E-state index in [0.29, 0.717) is 13.0 Å². The van der Waals surface area contributed by atoms with Gasteiger partial charge in [-0.2, -0.15) is 0 Å². The molecule has 4 aromatic carbocycles. The molecule has 11 rings (SSSR count). The summed E-state index contributed by atoms with van der Waals surface area (Å²) in [6.45, 7) is 2.60. The monoisotopic (exact) mass is 760 g/mol. The molecule has 0 aliphatic carbocycles. The Balaban J connectivity index is 1.17. The number of methoxy groups -OCH3 is 1. The topological polar surface area (TPSA) is 89.3 Å². The molecule has 4 aromatic heterocycles. The molecule has 0 saturated carbocycles. The van der Waals surface area contributed by atoms with Crippen LogP contribution in [-0.4, -0.2) is 51.3 Å². The van der Waals surface area contributed by atoms with Crippen LogP contribution < -0.4 is 10.2 Å². The fourth-order valence-corrected chi connectivity index (χ4v) is 10.7. The van der Waals surface area contributed by atoms with Crippen molar-refractivity contribution in [2.45, 2.75) is 44.0 Å². The van der Waals surface area contributed by atoms with Gasteiger partial charge in [0.1, 0.15) is 18.1 Å². The number of rotatable bonds is 4. The summed E-state index contributed by atoms with van der Waals surface area (Å²) in [6, 6.07) is 19.3. The lowest BCUT2D eigenvalue weighted by Gasteiger charge is -2.50. The first-order chi connectivity index (χ1) is 24.8. The summed E-state index contributed by atoms with van der Waals surface area (Å²) in [4.78, 5) is 25.1. The summed E-state index contributed by atoms with van der Waals surface area (Å²) in [5.41, 5.74) is 6.68. The van der Waals surface area contributed by atoms with Crippen LogP contribution in [-0.2, 0) is 21.7 Å². The van der Waals surface area contributed by atoms with Crippen LogP contribution in [0.5, 0.6) is 0 Å². The third-order valence-electron chi connectivity index (χ3n) is 11.5. The zero-order chi connectivity index (χ0) is 34.5. The highest BCUT2D eigenvalue weighted by Crippen LogP contribution is 2.55. The summed E-state index contributed by atoms with van der Waals surface area (Å²) in [5, 5.41) is 8.92. The van der Waals surface area contributed by atoms with Crippen molar-refractivity contribution < 1.29 is 18.7 Å². The zero-order valence-electron chi connectivity index (χ0n) is 27.8. The normalized spacial score (nSPS) is 22.5. The average Bonchev–Trinajstić information content (AvgIpc) is 3.94. The lowest BCUT2D eigenvalue weighted by molar-refractivity contribution is -0.253. The van der Waals surface area contributed by atoms with Crippen molar-refractivity contribution in [2.24, 2.45) is 0 Å². The fraction of sp³-hybridized carbons (Fsp3) is 0.231. The number of nitrogens with one attached hydrogen (secondary N) is 2. The minimum Gasteiger partial charge on any atom is -0.374 e. The highest BCUT2D eigenvalue weighted by Gasteiger charge is 2.54. The molecule has 2 N–H and O–H groups in total. The van der Waals surface area contributed by atoms with Crippen LogP contribution in [0.3, 0.4) is 0 Å². The highest BCUT2D eigenvalue weighted by molar-refractivity contribution is 9.10. The van der Waals surface area contributed by atoms with Crippen molar-refractivity contribution in [3.05, 3.63) is 94.5 Å². The van der Waals surface area contributed by atoms with Gasteiger partial charge in [0.25, 0.3) is 5.91 Å². The van der Waals surface area contributed by atoms with Crippen molar-refractivity contribution >= 4 is 92.8 Å². The second-order valence-electron chi connectivity index (χ2n) is 14.0. The first-order valence-corrected chi connectivity index (χ1v) is 18.5. The molecule has 51 heavy (non-hydrogen) atoms. The van der Waals surface area contributed by atoms with E-state index in [-0.39, 0.29) is 17.8 Å². The molecule has 9 nitrogen and oxygen atoms in total. The van der Waals surface area contributed by atoms with Crippen LogP contribution in [0.4, 0.5) is 9.52 Å². The van der Waals surface area contributed by atoms with Gasteiger partial charge in [-0.1, -0.05) is 45.5 Å². The Labute approximate surface area is 302 Å². The predicted octanol–water partition coefficient (Wildman–Crippen LogP) is 8.78. The Morgan fingerprint density at radius 2 is 1.94 bits per heavy atom. The number of thiazole rings is 1. The van der Waals surface area contributed by atoms with E-state index >= 15 is 0 Å². The minimum absolute atomic E-state index is 0.0491. The molecular weight excluding hydrogens is 731 g/mol. The van der Waals surface area contributed by atoms with Crippen LogP contribution in [0.1, 0.15) is 35.5 Å². The molecule has 0 spiro atoms. The number of aromatic amines is 1. The van der Waals surface area contributed by atoms with Crippen LogP contribution in [0.25, 0.3) is 65.0 Å². The first-order valence-electron chi connectivity index (χ1n) is 16.9. The number of H-pyrrole nitrogens is 1. The number of fused-ring (bicyclic) bond motifs is 14. The number of hydrogen-bond acceptors (Lipinski definition) is 6. The lowest BCUT2D eigenvalue weighted by Crippen LogP contribution is -2.60. The van der Waals surface area contributed by atoms with Crippen LogP contribution in [0.2, 0.25) is 0 Å². The molecule has 0 radical (unpaired) electrons. The Kier molecular flexibility index (Phi) is 5.98. The average molecular weight is 762 g/mol. The lowest BCUT2D eigenvalue weighted by atomic mass is 9.92. The molecule has 3 aliphatic heterocycles. The van der Waals surface area contributed by atoms with Crippen LogP contribution in [0, 0.1) is 5.82 Å². The molecular formula is C39H30BrFN6O3S. The third kappa shape index (κ3) is 3.75. The predicted molar refractivity (Wildman–Crippen MR) is 202 cm³/mol. The van der Waals surface area contributed by atoms with Gasteiger partial charge in [0, 0.05) is 82.0 Å². The van der Waals surface area contributed by atoms with Gasteiger partial charge in [-0.3, -0.25) is 4.79 Å². The van der Waals surface area contributed by atoms with Crippen LogP contribution >= 0.6 is 27.3 Å². The number of benzene rings is 4. The fourth-order valence-electron chi connectivity index (χ4n) is 9.41. The van der Waals surface area contributed by atoms with Gasteiger partial charge in [-0.25, -0.2) is 9.37 Å². The van der Waals surface area contributed by atoms with E-state index in [9.17, 15) is 9.18 Å². The Morgan fingerprint density at radius 3 is 2.80 bits per heavy atom. The van der Waals surface area contributed by atoms with Gasteiger partial charge in [0.2, 0.25) is 0 Å². The summed E-state index contributed by atoms with van der Waals surface area (Å²) in [6.07, 6.45) is 3.57. The molecule has 8 aromatic rings. The maximum absolute atomic E-state index is 14.3. The number of carbonyl (C=O) groups excluding carboxylic acids is 1. The van der Waals surface area contributed by atoms with E-state index in [0.717, 1.165) is 85.7 Å². The molecule has 1 fully saturated rings. The molecule has 1 amide bonds. The van der Waals surface area contributed by atoms with Crippen molar-refractivity contribution in [1.29, 1.82) is 0 Å². The van der Waals surface area contributed by atoms with Gasteiger partial charge in [0.15, 0.2) is 10.9 Å². The molecule has 254 valence electrons. The largest absolute Gasteiger partial charge is 0.374 e. The molecule has 12 heteroatoms. The second kappa shape index (κ2) is 10.2. The highest BCUT2D eigenvalue weighted by atomic mass is 79.9. The maximum atomic E-state index is 14.3. The zero-order valence-corrected chi connectivity index (χ0v) is 30.2. The quantitative estimate of drug-likeness (QED) is 0.187.